The van der Waals surface area contributed by atoms with E-state index >= 15 is 0 Å². The fraction of sp³-hybridized carbons (Fsp3) is 0.333. The van der Waals surface area contributed by atoms with Crippen LogP contribution in [0, 0.1) is 10.8 Å². The second-order valence-electron chi connectivity index (χ2n) is 1.97. The Hall–Kier alpha value is -0.590. The summed E-state index contributed by atoms with van der Waals surface area (Å²) in [5.74, 6) is 0.0418. The van der Waals surface area contributed by atoms with Crippen molar-refractivity contribution in [3.63, 3.8) is 0 Å². The minimum absolute atomic E-state index is 0.0695. The number of thiophene rings is 1. The third-order valence-electron chi connectivity index (χ3n) is 0.999. The zero-order valence-corrected chi connectivity index (χ0v) is 7.61. The maximum atomic E-state index is 10.2. The molecule has 0 bridgehead atoms. The molecule has 2 radical (unpaired) electrons. The van der Waals surface area contributed by atoms with Gasteiger partial charge in [-0.2, -0.15) is 8.42 Å². The lowest BCUT2D eigenvalue weighted by atomic mass is 10.6. The van der Waals surface area contributed by atoms with E-state index in [4.69, 9.17) is 9.29 Å². The first-order valence-corrected chi connectivity index (χ1v) is 5.46. The van der Waals surface area contributed by atoms with Gasteiger partial charge in [0.2, 0.25) is 0 Å². The van der Waals surface area contributed by atoms with E-state index in [0.29, 0.717) is 5.75 Å². The van der Waals surface area contributed by atoms with Crippen LogP contribution in [-0.4, -0.2) is 25.3 Å². The Balaban J connectivity index is 2.29. The predicted octanol–water partition coefficient (Wildman–Crippen LogP) is 0.615. The summed E-state index contributed by atoms with van der Waals surface area (Å²) < 4.78 is 33.7. The number of hydrogen-bond donors (Lipinski definition) is 1. The lowest BCUT2D eigenvalue weighted by molar-refractivity contribution is 0.336. The number of hydrogen-bond acceptors (Lipinski definition) is 4. The summed E-state index contributed by atoms with van der Waals surface area (Å²) in [7, 11) is -3.92. The number of ether oxygens (including phenoxy) is 1. The Morgan fingerprint density at radius 2 is 2.42 bits per heavy atom. The molecule has 0 atom stereocenters. The monoisotopic (exact) mass is 206 g/mol. The molecule has 1 rings (SSSR count). The maximum absolute atomic E-state index is 10.2. The molecule has 0 spiro atoms. The second kappa shape index (κ2) is 3.88. The second-order valence-corrected chi connectivity index (χ2v) is 4.18. The van der Waals surface area contributed by atoms with Gasteiger partial charge in [-0.15, -0.1) is 11.3 Å². The first-order chi connectivity index (χ1) is 5.58. The largest absolute Gasteiger partial charge is 0.491 e. The van der Waals surface area contributed by atoms with Crippen molar-refractivity contribution in [1.82, 2.24) is 0 Å². The average molecular weight is 206 g/mol. The van der Waals surface area contributed by atoms with Crippen LogP contribution >= 0.6 is 11.3 Å². The first-order valence-electron chi connectivity index (χ1n) is 3.03. The smallest absolute Gasteiger partial charge is 0.268 e. The van der Waals surface area contributed by atoms with Crippen molar-refractivity contribution in [2.75, 3.05) is 12.4 Å². The Kier molecular flexibility index (Phi) is 3.07. The van der Waals surface area contributed by atoms with E-state index < -0.39 is 15.9 Å². The maximum Gasteiger partial charge on any atom is 0.268 e. The van der Waals surface area contributed by atoms with Crippen molar-refractivity contribution in [1.29, 1.82) is 0 Å². The van der Waals surface area contributed by atoms with E-state index in [-0.39, 0.29) is 6.61 Å². The van der Waals surface area contributed by atoms with Crippen LogP contribution in [0.3, 0.4) is 0 Å². The number of rotatable bonds is 4. The zero-order chi connectivity index (χ0) is 9.03. The van der Waals surface area contributed by atoms with Crippen LogP contribution < -0.4 is 4.74 Å². The van der Waals surface area contributed by atoms with Gasteiger partial charge in [-0.25, -0.2) is 0 Å². The van der Waals surface area contributed by atoms with Gasteiger partial charge in [-0.05, 0) is 0 Å². The molecule has 1 N–H and O–H groups in total. The van der Waals surface area contributed by atoms with Crippen LogP contribution in [0.5, 0.6) is 5.75 Å². The highest BCUT2D eigenvalue weighted by molar-refractivity contribution is 7.85. The highest BCUT2D eigenvalue weighted by atomic mass is 32.2. The standard InChI is InChI=1S/C6H6O4S2/c7-12(8,9)4-2-10-6-1-3-11-5-6/h1H,2,4H2,(H,7,8,9). The predicted molar refractivity (Wildman–Crippen MR) is 43.9 cm³/mol. The van der Waals surface area contributed by atoms with Gasteiger partial charge in [0.25, 0.3) is 10.1 Å². The lowest BCUT2D eigenvalue weighted by Gasteiger charge is -1.99. The van der Waals surface area contributed by atoms with E-state index in [9.17, 15) is 8.42 Å². The van der Waals surface area contributed by atoms with E-state index in [2.05, 4.69) is 10.8 Å². The van der Waals surface area contributed by atoms with Crippen LogP contribution in [-0.2, 0) is 10.1 Å². The Bertz CT molecular complexity index is 313. The molecule has 66 valence electrons. The summed E-state index contributed by atoms with van der Waals surface area (Å²) in [5, 5.41) is 5.44. The van der Waals surface area contributed by atoms with Crippen LogP contribution in [0.15, 0.2) is 6.07 Å². The molecule has 0 unspecified atom stereocenters. The van der Waals surface area contributed by atoms with Crippen molar-refractivity contribution < 1.29 is 17.7 Å². The van der Waals surface area contributed by atoms with E-state index in [0.717, 1.165) is 0 Å². The molecule has 0 saturated carbocycles. The van der Waals surface area contributed by atoms with Crippen LogP contribution in [0.4, 0.5) is 0 Å². The molecule has 4 nitrogen and oxygen atoms in total. The van der Waals surface area contributed by atoms with Gasteiger partial charge in [0, 0.05) is 11.4 Å². The Morgan fingerprint density at radius 1 is 1.67 bits per heavy atom. The molecule has 1 aromatic heterocycles. The van der Waals surface area contributed by atoms with Crippen molar-refractivity contribution >= 4 is 21.5 Å². The van der Waals surface area contributed by atoms with Crippen LogP contribution in [0.1, 0.15) is 0 Å². The topological polar surface area (TPSA) is 63.6 Å². The summed E-state index contributed by atoms with van der Waals surface area (Å²) in [6, 6.07) is 1.55. The van der Waals surface area contributed by atoms with Gasteiger partial charge in [0.1, 0.15) is 18.1 Å². The molecule has 0 fully saturated rings. The summed E-state index contributed by atoms with van der Waals surface area (Å²) in [6.45, 7) is -0.0695. The van der Waals surface area contributed by atoms with E-state index in [1.807, 2.05) is 0 Å². The normalized spacial score (nSPS) is 11.4. The van der Waals surface area contributed by atoms with Crippen molar-refractivity contribution in [2.24, 2.45) is 0 Å². The van der Waals surface area contributed by atoms with Gasteiger partial charge >= 0.3 is 0 Å². The van der Waals surface area contributed by atoms with Crippen molar-refractivity contribution in [3.05, 3.63) is 16.8 Å². The fourth-order valence-corrected chi connectivity index (χ4v) is 1.26. The van der Waals surface area contributed by atoms with Crippen molar-refractivity contribution in [3.8, 4) is 5.75 Å². The van der Waals surface area contributed by atoms with Gasteiger partial charge < -0.3 is 4.74 Å². The third kappa shape index (κ3) is 3.70. The third-order valence-corrected chi connectivity index (χ3v) is 2.22. The highest BCUT2D eigenvalue weighted by Crippen LogP contribution is 2.12. The lowest BCUT2D eigenvalue weighted by Crippen LogP contribution is -2.12. The molecule has 0 aliphatic carbocycles. The zero-order valence-electron chi connectivity index (χ0n) is 5.98. The highest BCUT2D eigenvalue weighted by Gasteiger charge is 2.04. The Morgan fingerprint density at radius 3 is 2.92 bits per heavy atom. The summed E-state index contributed by atoms with van der Waals surface area (Å²) in [5.41, 5.74) is 0. The summed E-state index contributed by atoms with van der Waals surface area (Å²) in [4.78, 5) is 0. The SMILES string of the molecule is O=S(=O)(O)CCOc1[c]s[c]c1. The van der Waals surface area contributed by atoms with E-state index in [1.54, 1.807) is 6.07 Å². The molecule has 0 aliphatic rings. The molecule has 12 heavy (non-hydrogen) atoms. The van der Waals surface area contributed by atoms with Crippen LogP contribution in [0.2, 0.25) is 0 Å². The molecular weight excluding hydrogens is 200 g/mol. The molecule has 6 heteroatoms. The van der Waals surface area contributed by atoms with Gasteiger partial charge in [-0.3, -0.25) is 4.55 Å². The Labute approximate surface area is 74.5 Å². The molecule has 0 aromatic carbocycles. The molecule has 1 heterocycles. The van der Waals surface area contributed by atoms with Gasteiger partial charge in [-0.1, -0.05) is 0 Å². The molecule has 0 aliphatic heterocycles. The van der Waals surface area contributed by atoms with Crippen LogP contribution in [0.25, 0.3) is 0 Å². The molecule has 1 aromatic rings. The van der Waals surface area contributed by atoms with E-state index in [1.165, 1.54) is 11.3 Å². The molecule has 0 saturated heterocycles. The minimum Gasteiger partial charge on any atom is -0.491 e. The van der Waals surface area contributed by atoms with Gasteiger partial charge in [0.05, 0.1) is 5.38 Å². The van der Waals surface area contributed by atoms with Gasteiger partial charge in [0.15, 0.2) is 0 Å². The minimum atomic E-state index is -3.92. The van der Waals surface area contributed by atoms with Crippen molar-refractivity contribution in [2.45, 2.75) is 0 Å². The average Bonchev–Trinajstić information content (AvgIpc) is 2.36. The quantitative estimate of drug-likeness (QED) is 0.733. The molecule has 0 amide bonds. The fourth-order valence-electron chi connectivity index (χ4n) is 0.520. The molecular formula is C6H6O4S2. The summed E-state index contributed by atoms with van der Waals surface area (Å²) >= 11 is 1.21. The summed E-state index contributed by atoms with van der Waals surface area (Å²) in [6.07, 6.45) is 0. The first kappa shape index (κ1) is 9.50.